The van der Waals surface area contributed by atoms with Crippen molar-refractivity contribution in [3.63, 3.8) is 0 Å². The van der Waals surface area contributed by atoms with Crippen LogP contribution in [0.1, 0.15) is 54.2 Å². The predicted octanol–water partition coefficient (Wildman–Crippen LogP) is 5.33. The highest BCUT2D eigenvalue weighted by molar-refractivity contribution is 5.87. The maximum Gasteiger partial charge on any atom is 0.356 e. The molecule has 0 atom stereocenters. The molecule has 2 aromatic carbocycles. The van der Waals surface area contributed by atoms with Crippen LogP contribution in [0.3, 0.4) is 0 Å². The Morgan fingerprint density at radius 3 is 2.43 bits per heavy atom. The molecule has 1 saturated carbocycles. The number of aromatic carboxylic acids is 1. The van der Waals surface area contributed by atoms with E-state index in [0.29, 0.717) is 6.61 Å². The van der Waals surface area contributed by atoms with E-state index in [0.717, 1.165) is 35.4 Å². The van der Waals surface area contributed by atoms with Crippen molar-refractivity contribution in [2.24, 2.45) is 0 Å². The number of hydrogen-bond acceptors (Lipinski definition) is 3. The van der Waals surface area contributed by atoms with E-state index in [-0.39, 0.29) is 11.7 Å². The van der Waals surface area contributed by atoms with Gasteiger partial charge in [0.15, 0.2) is 5.69 Å². The third-order valence-corrected chi connectivity index (χ3v) is 5.27. The second-order valence-corrected chi connectivity index (χ2v) is 7.26. The van der Waals surface area contributed by atoms with Gasteiger partial charge in [-0.1, -0.05) is 49.6 Å². The standard InChI is InChI=1S/C23H24N2O3/c26-23(27)21-15-22(25(24-21)19-9-5-2-6-10-19)18-11-13-20(14-12-18)28-16-17-7-3-1-4-8-17/h1,3-4,7-8,11-15,19H,2,5-6,9-10,16H2,(H,26,27). The molecule has 5 nitrogen and oxygen atoms in total. The van der Waals surface area contributed by atoms with Crippen molar-refractivity contribution in [1.29, 1.82) is 0 Å². The second-order valence-electron chi connectivity index (χ2n) is 7.26. The molecule has 1 aliphatic carbocycles. The summed E-state index contributed by atoms with van der Waals surface area (Å²) in [6.45, 7) is 0.517. The molecule has 5 heteroatoms. The minimum Gasteiger partial charge on any atom is -0.489 e. The first kappa shape index (κ1) is 18.3. The number of ether oxygens (including phenoxy) is 1. The SMILES string of the molecule is O=C(O)c1cc(-c2ccc(OCc3ccccc3)cc2)n(C2CCCCC2)n1. The zero-order chi connectivity index (χ0) is 19.3. The largest absolute Gasteiger partial charge is 0.489 e. The first-order valence-electron chi connectivity index (χ1n) is 9.81. The molecule has 0 radical (unpaired) electrons. The molecule has 1 heterocycles. The fourth-order valence-corrected chi connectivity index (χ4v) is 3.78. The van der Waals surface area contributed by atoms with Crippen molar-refractivity contribution in [3.05, 3.63) is 71.9 Å². The van der Waals surface area contributed by atoms with Gasteiger partial charge >= 0.3 is 5.97 Å². The molecule has 1 N–H and O–H groups in total. The molecule has 0 bridgehead atoms. The maximum atomic E-state index is 11.5. The van der Waals surface area contributed by atoms with Crippen LogP contribution in [0.15, 0.2) is 60.7 Å². The van der Waals surface area contributed by atoms with E-state index >= 15 is 0 Å². The van der Waals surface area contributed by atoms with E-state index in [2.05, 4.69) is 5.10 Å². The molecular weight excluding hydrogens is 352 g/mol. The Morgan fingerprint density at radius 1 is 1.04 bits per heavy atom. The van der Waals surface area contributed by atoms with Crippen molar-refractivity contribution < 1.29 is 14.6 Å². The fraction of sp³-hybridized carbons (Fsp3) is 0.304. The molecular formula is C23H24N2O3. The lowest BCUT2D eigenvalue weighted by molar-refractivity contribution is 0.0689. The van der Waals surface area contributed by atoms with Gasteiger partial charge in [-0.3, -0.25) is 4.68 Å². The monoisotopic (exact) mass is 376 g/mol. The van der Waals surface area contributed by atoms with Crippen LogP contribution in [0.25, 0.3) is 11.3 Å². The maximum absolute atomic E-state index is 11.5. The number of carbonyl (C=O) groups is 1. The summed E-state index contributed by atoms with van der Waals surface area (Å²) in [5.74, 6) is -0.201. The van der Waals surface area contributed by atoms with Gasteiger partial charge in [0.25, 0.3) is 0 Å². The summed E-state index contributed by atoms with van der Waals surface area (Å²) >= 11 is 0. The zero-order valence-electron chi connectivity index (χ0n) is 15.8. The van der Waals surface area contributed by atoms with Crippen LogP contribution in [-0.2, 0) is 6.61 Å². The number of hydrogen-bond donors (Lipinski definition) is 1. The zero-order valence-corrected chi connectivity index (χ0v) is 15.8. The van der Waals surface area contributed by atoms with Crippen molar-refractivity contribution >= 4 is 5.97 Å². The molecule has 0 amide bonds. The van der Waals surface area contributed by atoms with Gasteiger partial charge in [0.05, 0.1) is 11.7 Å². The van der Waals surface area contributed by atoms with E-state index in [9.17, 15) is 9.90 Å². The molecule has 0 saturated heterocycles. The first-order valence-corrected chi connectivity index (χ1v) is 9.81. The highest BCUT2D eigenvalue weighted by atomic mass is 16.5. The molecule has 3 aromatic rings. The number of benzene rings is 2. The third-order valence-electron chi connectivity index (χ3n) is 5.27. The number of rotatable bonds is 6. The molecule has 144 valence electrons. The van der Waals surface area contributed by atoms with Crippen molar-refractivity contribution in [2.75, 3.05) is 0 Å². The summed E-state index contributed by atoms with van der Waals surface area (Å²) in [7, 11) is 0. The Bertz CT molecular complexity index is 926. The van der Waals surface area contributed by atoms with Crippen LogP contribution in [-0.4, -0.2) is 20.9 Å². The van der Waals surface area contributed by atoms with Crippen molar-refractivity contribution in [3.8, 4) is 17.0 Å². The molecule has 1 aliphatic rings. The Morgan fingerprint density at radius 2 is 1.75 bits per heavy atom. The van der Waals surface area contributed by atoms with Crippen molar-refractivity contribution in [2.45, 2.75) is 44.8 Å². The van der Waals surface area contributed by atoms with Crippen molar-refractivity contribution in [1.82, 2.24) is 9.78 Å². The van der Waals surface area contributed by atoms with E-state index in [1.807, 2.05) is 59.3 Å². The topological polar surface area (TPSA) is 64.3 Å². The number of carboxylic acids is 1. The summed E-state index contributed by atoms with van der Waals surface area (Å²) in [5, 5.41) is 13.8. The minimum absolute atomic E-state index is 0.102. The van der Waals surface area contributed by atoms with Crippen LogP contribution in [0.2, 0.25) is 0 Å². The summed E-state index contributed by atoms with van der Waals surface area (Å²) in [4.78, 5) is 11.5. The van der Waals surface area contributed by atoms with Crippen LogP contribution in [0, 0.1) is 0 Å². The minimum atomic E-state index is -0.987. The van der Waals surface area contributed by atoms with Crippen LogP contribution >= 0.6 is 0 Å². The van der Waals surface area contributed by atoms with Crippen LogP contribution < -0.4 is 4.74 Å². The average molecular weight is 376 g/mol. The second kappa shape index (κ2) is 8.30. The Balaban J connectivity index is 1.55. The van der Waals surface area contributed by atoms with Gasteiger partial charge in [-0.15, -0.1) is 0 Å². The van der Waals surface area contributed by atoms with E-state index in [4.69, 9.17) is 4.74 Å². The predicted molar refractivity (Wildman–Crippen MR) is 108 cm³/mol. The molecule has 0 aliphatic heterocycles. The Hall–Kier alpha value is -3.08. The van der Waals surface area contributed by atoms with Gasteiger partial charge in [0, 0.05) is 5.56 Å². The van der Waals surface area contributed by atoms with Gasteiger partial charge in [-0.25, -0.2) is 4.79 Å². The number of nitrogens with zero attached hydrogens (tertiary/aromatic N) is 2. The van der Waals surface area contributed by atoms with Gasteiger partial charge < -0.3 is 9.84 Å². The molecule has 28 heavy (non-hydrogen) atoms. The average Bonchev–Trinajstić information content (AvgIpc) is 3.20. The molecule has 1 aromatic heterocycles. The van der Waals surface area contributed by atoms with Gasteiger partial charge in [0.1, 0.15) is 12.4 Å². The number of aromatic nitrogens is 2. The lowest BCUT2D eigenvalue weighted by atomic mass is 9.95. The summed E-state index contributed by atoms with van der Waals surface area (Å²) in [6, 6.07) is 19.8. The van der Waals surface area contributed by atoms with E-state index in [1.165, 1.54) is 19.3 Å². The summed E-state index contributed by atoms with van der Waals surface area (Å²) in [5.41, 5.74) is 3.04. The van der Waals surface area contributed by atoms with E-state index < -0.39 is 5.97 Å². The van der Waals surface area contributed by atoms with Crippen LogP contribution in [0.4, 0.5) is 0 Å². The summed E-state index contributed by atoms with van der Waals surface area (Å²) in [6.07, 6.45) is 5.67. The normalized spacial score (nSPS) is 14.7. The Labute approximate surface area is 164 Å². The van der Waals surface area contributed by atoms with Crippen LogP contribution in [0.5, 0.6) is 5.75 Å². The molecule has 0 spiro atoms. The summed E-state index contributed by atoms with van der Waals surface area (Å²) < 4.78 is 7.78. The van der Waals surface area contributed by atoms with Gasteiger partial charge in [0.2, 0.25) is 0 Å². The number of carboxylic acid groups (broad SMARTS) is 1. The highest BCUT2D eigenvalue weighted by Gasteiger charge is 2.22. The smallest absolute Gasteiger partial charge is 0.356 e. The fourth-order valence-electron chi connectivity index (χ4n) is 3.78. The first-order chi connectivity index (χ1) is 13.7. The lowest BCUT2D eigenvalue weighted by Crippen LogP contribution is -2.15. The lowest BCUT2D eigenvalue weighted by Gasteiger charge is -2.24. The van der Waals surface area contributed by atoms with E-state index in [1.54, 1.807) is 6.07 Å². The molecule has 0 unspecified atom stereocenters. The Kier molecular flexibility index (Phi) is 5.42. The quantitative estimate of drug-likeness (QED) is 0.631. The molecule has 4 rings (SSSR count). The third kappa shape index (κ3) is 4.09. The van der Waals surface area contributed by atoms with Gasteiger partial charge in [-0.05, 0) is 48.7 Å². The highest BCUT2D eigenvalue weighted by Crippen LogP contribution is 2.33. The molecule has 1 fully saturated rings. The van der Waals surface area contributed by atoms with Gasteiger partial charge in [-0.2, -0.15) is 5.10 Å².